The van der Waals surface area contributed by atoms with E-state index in [1.807, 2.05) is 36.4 Å². The third kappa shape index (κ3) is 8.05. The molecule has 12 heterocycles. The van der Waals surface area contributed by atoms with E-state index in [0.29, 0.717) is 0 Å². The van der Waals surface area contributed by atoms with Gasteiger partial charge in [-0.15, -0.1) is 0 Å². The molecule has 0 unspecified atom stereocenters. The number of para-hydroxylation sites is 12. The highest BCUT2D eigenvalue weighted by molar-refractivity contribution is 6.37. The van der Waals surface area contributed by atoms with E-state index < -0.39 is 0 Å². The summed E-state index contributed by atoms with van der Waals surface area (Å²) in [5.74, 6) is 0. The Morgan fingerprint density at radius 3 is 0.949 bits per heavy atom. The van der Waals surface area contributed by atoms with Gasteiger partial charge in [0, 0.05) is 165 Å². The molecule has 0 aliphatic heterocycles. The zero-order valence-corrected chi connectivity index (χ0v) is 62.5. The van der Waals surface area contributed by atoms with Gasteiger partial charge in [-0.25, -0.2) is 0 Å². The van der Waals surface area contributed by atoms with Crippen molar-refractivity contribution in [2.45, 2.75) is 0 Å². The van der Waals surface area contributed by atoms with Crippen LogP contribution in [-0.4, -0.2) is 26.9 Å². The summed E-state index contributed by atoms with van der Waals surface area (Å²) >= 11 is 0. The highest BCUT2D eigenvalue weighted by atomic mass is 16.3. The molecule has 0 aliphatic rings. The van der Waals surface area contributed by atoms with Gasteiger partial charge in [0.05, 0.1) is 82.8 Å². The molecule has 0 radical (unpaired) electrons. The smallest absolute Gasteiger partial charge is 0.137 e. The molecular formula is C108H60N6O3. The lowest BCUT2D eigenvalue weighted by Crippen LogP contribution is -1.93. The van der Waals surface area contributed by atoms with E-state index in [9.17, 15) is 0 Å². The van der Waals surface area contributed by atoms with Crippen LogP contribution in [0.3, 0.4) is 0 Å². The number of benzene rings is 18. The summed E-state index contributed by atoms with van der Waals surface area (Å²) in [5, 5.41) is 30.2. The molecule has 30 aromatic rings. The molecule has 0 saturated heterocycles. The second-order valence-corrected chi connectivity index (χ2v) is 31.7. The first-order valence-electron chi connectivity index (χ1n) is 40.1. The van der Waals surface area contributed by atoms with Gasteiger partial charge in [-0.1, -0.05) is 218 Å². The quantitative estimate of drug-likeness (QED) is 0.177. The van der Waals surface area contributed by atoms with Crippen LogP contribution in [0, 0.1) is 0 Å². The van der Waals surface area contributed by atoms with Crippen molar-refractivity contribution >= 4 is 246 Å². The third-order valence-electron chi connectivity index (χ3n) is 25.9. The number of aromatic nitrogens is 6. The molecule has 9 heteroatoms. The summed E-state index contributed by atoms with van der Waals surface area (Å²) in [7, 11) is 0. The number of hydrogen-bond donors (Lipinski definition) is 0. The molecule has 0 spiro atoms. The summed E-state index contributed by atoms with van der Waals surface area (Å²) in [6.07, 6.45) is 0. The number of fused-ring (bicyclic) bond motifs is 38. The van der Waals surface area contributed by atoms with Crippen LogP contribution < -0.4 is 0 Å². The van der Waals surface area contributed by atoms with Gasteiger partial charge < -0.3 is 40.2 Å². The Morgan fingerprint density at radius 1 is 0.137 bits per heavy atom. The van der Waals surface area contributed by atoms with Crippen molar-refractivity contribution in [3.05, 3.63) is 364 Å². The van der Waals surface area contributed by atoms with E-state index in [1.54, 1.807) is 0 Å². The molecule has 0 fully saturated rings. The number of furan rings is 3. The topological polar surface area (TPSA) is 67.4 Å². The molecule has 30 rings (SSSR count). The fraction of sp³-hybridized carbons (Fsp3) is 0. The minimum atomic E-state index is 0.909. The first-order chi connectivity index (χ1) is 58.1. The Kier molecular flexibility index (Phi) is 11.9. The highest BCUT2D eigenvalue weighted by Crippen LogP contribution is 2.51. The predicted octanol–water partition coefficient (Wildman–Crippen LogP) is 29.5. The van der Waals surface area contributed by atoms with E-state index in [1.165, 1.54) is 180 Å². The molecule has 117 heavy (non-hydrogen) atoms. The number of rotatable bonds is 3. The number of nitrogens with zero attached hydrogens (tertiary/aromatic N) is 6. The Balaban J connectivity index is 0.0000000917. The maximum Gasteiger partial charge on any atom is 0.137 e. The first kappa shape index (κ1) is 61.8. The zero-order valence-electron chi connectivity index (χ0n) is 62.5. The summed E-state index contributed by atoms with van der Waals surface area (Å²) in [4.78, 5) is 0. The van der Waals surface area contributed by atoms with Gasteiger partial charge >= 0.3 is 0 Å². The molecule has 12 aromatic heterocycles. The van der Waals surface area contributed by atoms with Crippen molar-refractivity contribution in [2.24, 2.45) is 0 Å². The van der Waals surface area contributed by atoms with Crippen molar-refractivity contribution in [3.8, 4) is 17.1 Å². The summed E-state index contributed by atoms with van der Waals surface area (Å²) < 4.78 is 33.5. The summed E-state index contributed by atoms with van der Waals surface area (Å²) in [6, 6.07) is 131. The molecule has 0 amide bonds. The normalized spacial score (nSPS) is 12.6. The molecule has 18 aromatic carbocycles. The fourth-order valence-electron chi connectivity index (χ4n) is 21.2. The second kappa shape index (κ2) is 22.5. The lowest BCUT2D eigenvalue weighted by Gasteiger charge is -2.08. The second-order valence-electron chi connectivity index (χ2n) is 31.7. The number of hydrogen-bond acceptors (Lipinski definition) is 3. The van der Waals surface area contributed by atoms with Crippen molar-refractivity contribution in [1.29, 1.82) is 0 Å². The van der Waals surface area contributed by atoms with Crippen LogP contribution in [0.2, 0.25) is 0 Å². The molecule has 540 valence electrons. The van der Waals surface area contributed by atoms with Crippen molar-refractivity contribution in [3.63, 3.8) is 0 Å². The van der Waals surface area contributed by atoms with Crippen LogP contribution in [0.5, 0.6) is 0 Å². The Bertz CT molecular complexity index is 9570. The molecule has 0 N–H and O–H groups in total. The monoisotopic (exact) mass is 1490 g/mol. The van der Waals surface area contributed by atoms with Crippen molar-refractivity contribution < 1.29 is 13.3 Å². The largest absolute Gasteiger partial charge is 0.456 e. The first-order valence-corrected chi connectivity index (χ1v) is 40.1. The van der Waals surface area contributed by atoms with Gasteiger partial charge in [-0.3, -0.25) is 0 Å². The lowest BCUT2D eigenvalue weighted by molar-refractivity contribution is 0.668. The van der Waals surface area contributed by atoms with Crippen LogP contribution in [0.15, 0.2) is 377 Å². The standard InChI is InChI=1S/3C36H20N2O/c1-5-13-28-22(9-1)27-20-31-34(35-26-12-3-7-15-30(26)38(28)36(27)35)25-11-2-6-14-29(25)37(31)21-17-18-24-23-10-4-8-16-32(23)39-33(24)19-21;1-5-14-31-22(8-1)26-11-7-12-27-29-19-28-23-9-2-4-13-30(23)37(32(28)20-33(29)38(31)36(26)27)21-16-17-25-24-10-3-6-15-34(24)39-35(25)18-21;1-4-13-28-22(8-1)25-11-7-12-27-35-31(38(28)36(25)27)19-18-30-34(35)26-10-2-5-14-29(26)37(30)21-16-17-24-23-9-3-6-15-32(23)39-33(24)20-21/h3*1-20H. The molecule has 0 bridgehead atoms. The zero-order chi connectivity index (χ0) is 75.7. The van der Waals surface area contributed by atoms with Gasteiger partial charge in [-0.2, -0.15) is 0 Å². The fourth-order valence-corrected chi connectivity index (χ4v) is 21.2. The predicted molar refractivity (Wildman–Crippen MR) is 488 cm³/mol. The van der Waals surface area contributed by atoms with Crippen LogP contribution >= 0.6 is 0 Å². The average molecular weight is 1490 g/mol. The van der Waals surface area contributed by atoms with E-state index in [-0.39, 0.29) is 0 Å². The molecule has 9 nitrogen and oxygen atoms in total. The van der Waals surface area contributed by atoms with Crippen molar-refractivity contribution in [2.75, 3.05) is 0 Å². The van der Waals surface area contributed by atoms with Crippen LogP contribution in [0.1, 0.15) is 0 Å². The van der Waals surface area contributed by atoms with E-state index in [4.69, 9.17) is 13.3 Å². The van der Waals surface area contributed by atoms with Gasteiger partial charge in [0.1, 0.15) is 33.5 Å². The maximum atomic E-state index is 6.31. The Hall–Kier alpha value is -15.8. The van der Waals surface area contributed by atoms with Crippen LogP contribution in [0.4, 0.5) is 0 Å². The van der Waals surface area contributed by atoms with Crippen LogP contribution in [0.25, 0.3) is 263 Å². The van der Waals surface area contributed by atoms with E-state index in [0.717, 1.165) is 82.9 Å². The molecule has 0 saturated carbocycles. The molecule has 0 atom stereocenters. The van der Waals surface area contributed by atoms with Gasteiger partial charge in [0.2, 0.25) is 0 Å². The van der Waals surface area contributed by atoms with E-state index in [2.05, 4.69) is 354 Å². The minimum absolute atomic E-state index is 0.909. The van der Waals surface area contributed by atoms with Crippen molar-refractivity contribution in [1.82, 2.24) is 26.9 Å². The van der Waals surface area contributed by atoms with Crippen LogP contribution in [-0.2, 0) is 0 Å². The highest BCUT2D eigenvalue weighted by Gasteiger charge is 2.28. The lowest BCUT2D eigenvalue weighted by atomic mass is 10.0. The Labute approximate surface area is 662 Å². The third-order valence-corrected chi connectivity index (χ3v) is 25.9. The molecule has 0 aliphatic carbocycles. The SMILES string of the molecule is c1ccc2c(c1)oc1cc(-n3c4ccccc4c4c5c6cccc7c8ccccc8n(c5ccc43)c76)ccc12.c1ccc2c(c1)oc1cc(-n3c4ccccc4c4c5c6ccccc6n6c7ccccc7c(cc43)c56)ccc12.c1ccc2c(c1)oc1cc(-n3c4ccccc4c4cc5c6cccc7c8ccccc8n(c5cc43)c76)ccc12. The van der Waals surface area contributed by atoms with Gasteiger partial charge in [0.25, 0.3) is 0 Å². The molecular weight excluding hydrogens is 1430 g/mol. The summed E-state index contributed by atoms with van der Waals surface area (Å²) in [6.45, 7) is 0. The van der Waals surface area contributed by atoms with Gasteiger partial charge in [0.15, 0.2) is 0 Å². The summed E-state index contributed by atoms with van der Waals surface area (Å²) in [5.41, 5.74) is 27.5. The van der Waals surface area contributed by atoms with E-state index >= 15 is 0 Å². The van der Waals surface area contributed by atoms with Gasteiger partial charge in [-0.05, 0) is 127 Å². The minimum Gasteiger partial charge on any atom is -0.456 e. The maximum absolute atomic E-state index is 6.31. The average Bonchev–Trinajstić information content (AvgIpc) is 1.53. The Morgan fingerprint density at radius 2 is 0.444 bits per heavy atom.